The molecule has 0 saturated heterocycles. The Bertz CT molecular complexity index is 403. The van der Waals surface area contributed by atoms with E-state index in [0.29, 0.717) is 11.3 Å². The number of aliphatic hydroxyl groups excluding tert-OH is 2. The molecule has 0 spiro atoms. The van der Waals surface area contributed by atoms with Crippen molar-refractivity contribution in [1.82, 2.24) is 0 Å². The second-order valence-corrected chi connectivity index (χ2v) is 3.94. The Morgan fingerprint density at radius 2 is 2.19 bits per heavy atom. The summed E-state index contributed by atoms with van der Waals surface area (Å²) >= 11 is 0.688. The maximum absolute atomic E-state index is 10.9. The third-order valence-corrected chi connectivity index (χ3v) is 2.93. The number of nitrogens with zero attached hydrogens (tertiary/aromatic N) is 1. The van der Waals surface area contributed by atoms with Gasteiger partial charge in [0.15, 0.2) is 6.10 Å². The van der Waals surface area contributed by atoms with Crippen LogP contribution in [0.4, 0.5) is 5.00 Å². The summed E-state index contributed by atoms with van der Waals surface area (Å²) in [4.78, 5) is 20.8. The molecule has 0 saturated carbocycles. The van der Waals surface area contributed by atoms with E-state index in [1.165, 1.54) is 12.1 Å². The van der Waals surface area contributed by atoms with Gasteiger partial charge in [-0.3, -0.25) is 10.1 Å². The van der Waals surface area contributed by atoms with E-state index >= 15 is 0 Å². The first-order valence-corrected chi connectivity index (χ1v) is 4.97. The third-order valence-electron chi connectivity index (χ3n) is 1.83. The normalized spacial score (nSPS) is 14.2. The molecular weight excluding hydrogens is 238 g/mol. The molecule has 88 valence electrons. The number of carbonyl (C=O) groups excluding carboxylic acids is 1. The second kappa shape index (κ2) is 5.01. The van der Waals surface area contributed by atoms with Crippen LogP contribution in [0, 0.1) is 10.1 Å². The van der Waals surface area contributed by atoms with Gasteiger partial charge in [0.1, 0.15) is 6.10 Å². The van der Waals surface area contributed by atoms with Gasteiger partial charge in [0.2, 0.25) is 0 Å². The first kappa shape index (κ1) is 12.6. The molecule has 0 aromatic carbocycles. The van der Waals surface area contributed by atoms with Gasteiger partial charge in [0.05, 0.1) is 12.0 Å². The van der Waals surface area contributed by atoms with Gasteiger partial charge in [0, 0.05) is 10.9 Å². The molecule has 1 aromatic rings. The lowest BCUT2D eigenvalue weighted by molar-refractivity contribution is -0.380. The van der Waals surface area contributed by atoms with Crippen molar-refractivity contribution in [2.75, 3.05) is 7.11 Å². The number of esters is 1. The first-order valence-electron chi connectivity index (χ1n) is 4.15. The monoisotopic (exact) mass is 247 g/mol. The van der Waals surface area contributed by atoms with Crippen LogP contribution in [0.3, 0.4) is 0 Å². The highest BCUT2D eigenvalue weighted by atomic mass is 32.1. The molecule has 0 aliphatic heterocycles. The van der Waals surface area contributed by atoms with Crippen molar-refractivity contribution in [3.8, 4) is 0 Å². The van der Waals surface area contributed by atoms with Crippen LogP contribution >= 0.6 is 11.3 Å². The van der Waals surface area contributed by atoms with E-state index < -0.39 is 23.1 Å². The Morgan fingerprint density at radius 3 is 2.62 bits per heavy atom. The summed E-state index contributed by atoms with van der Waals surface area (Å²) in [6.07, 6.45) is -3.27. The Balaban J connectivity index is 2.83. The van der Waals surface area contributed by atoms with Gasteiger partial charge < -0.3 is 14.9 Å². The summed E-state index contributed by atoms with van der Waals surface area (Å²) in [5.41, 5.74) is 0. The largest absolute Gasteiger partial charge is 0.467 e. The highest BCUT2D eigenvalue weighted by Crippen LogP contribution is 2.30. The second-order valence-electron chi connectivity index (χ2n) is 2.85. The molecule has 1 heterocycles. The number of methoxy groups -OCH3 is 1. The quantitative estimate of drug-likeness (QED) is 0.447. The highest BCUT2D eigenvalue weighted by Gasteiger charge is 2.28. The smallest absolute Gasteiger partial charge is 0.337 e. The highest BCUT2D eigenvalue weighted by molar-refractivity contribution is 7.15. The molecular formula is C8H9NO6S. The van der Waals surface area contributed by atoms with Gasteiger partial charge in [-0.05, 0) is 6.07 Å². The fraction of sp³-hybridized carbons (Fsp3) is 0.375. The molecule has 8 heteroatoms. The van der Waals surface area contributed by atoms with Crippen LogP contribution in [0.25, 0.3) is 0 Å². The standard InChI is InChI=1S/C8H9NO6S/c1-15-8(12)7(11)6(10)4-2-3-5(16-4)9(13)14/h2-3,6-7,10-11H,1H3. The van der Waals surface area contributed by atoms with Crippen LogP contribution in [0.15, 0.2) is 12.1 Å². The van der Waals surface area contributed by atoms with Crippen molar-refractivity contribution in [2.45, 2.75) is 12.2 Å². The van der Waals surface area contributed by atoms with Crippen molar-refractivity contribution in [2.24, 2.45) is 0 Å². The van der Waals surface area contributed by atoms with Gasteiger partial charge in [-0.15, -0.1) is 0 Å². The van der Waals surface area contributed by atoms with Gasteiger partial charge in [0.25, 0.3) is 0 Å². The molecule has 0 bridgehead atoms. The molecule has 0 radical (unpaired) electrons. The Labute approximate surface area is 94.0 Å². The van der Waals surface area contributed by atoms with E-state index in [1.807, 2.05) is 0 Å². The Kier molecular flexibility index (Phi) is 3.93. The van der Waals surface area contributed by atoms with Crippen molar-refractivity contribution in [3.63, 3.8) is 0 Å². The summed E-state index contributed by atoms with van der Waals surface area (Å²) in [7, 11) is 1.06. The molecule has 2 atom stereocenters. The zero-order valence-electron chi connectivity index (χ0n) is 8.19. The summed E-state index contributed by atoms with van der Waals surface area (Å²) < 4.78 is 4.23. The van der Waals surface area contributed by atoms with E-state index in [4.69, 9.17) is 0 Å². The maximum atomic E-state index is 10.9. The minimum atomic E-state index is -1.75. The number of thiophene rings is 1. The summed E-state index contributed by atoms with van der Waals surface area (Å²) in [5, 5.41) is 29.0. The molecule has 2 N–H and O–H groups in total. The molecule has 7 nitrogen and oxygen atoms in total. The predicted octanol–water partition coefficient (Wildman–Crippen LogP) is 0.224. The topological polar surface area (TPSA) is 110 Å². The number of aliphatic hydroxyl groups is 2. The number of hydrogen-bond acceptors (Lipinski definition) is 7. The predicted molar refractivity (Wildman–Crippen MR) is 54.0 cm³/mol. The van der Waals surface area contributed by atoms with E-state index in [2.05, 4.69) is 4.74 Å². The zero-order valence-corrected chi connectivity index (χ0v) is 9.01. The lowest BCUT2D eigenvalue weighted by Crippen LogP contribution is -2.28. The number of ether oxygens (including phenoxy) is 1. The van der Waals surface area contributed by atoms with Crippen molar-refractivity contribution in [3.05, 3.63) is 27.1 Å². The first-order chi connectivity index (χ1) is 7.47. The SMILES string of the molecule is COC(=O)C(O)C(O)c1ccc([N+](=O)[O-])s1. The van der Waals surface area contributed by atoms with E-state index in [9.17, 15) is 25.1 Å². The van der Waals surface area contributed by atoms with E-state index in [1.54, 1.807) is 0 Å². The molecule has 2 unspecified atom stereocenters. The molecule has 0 fully saturated rings. The summed E-state index contributed by atoms with van der Waals surface area (Å²) in [5.74, 6) is -0.997. The van der Waals surface area contributed by atoms with Crippen molar-refractivity contribution < 1.29 is 24.7 Å². The van der Waals surface area contributed by atoms with Gasteiger partial charge >= 0.3 is 11.0 Å². The fourth-order valence-electron chi connectivity index (χ4n) is 1.00. The third kappa shape index (κ3) is 2.54. The van der Waals surface area contributed by atoms with Crippen LogP contribution in [0.1, 0.15) is 11.0 Å². The lowest BCUT2D eigenvalue weighted by atomic mass is 10.2. The number of hydrogen-bond donors (Lipinski definition) is 2. The Morgan fingerprint density at radius 1 is 1.56 bits per heavy atom. The molecule has 0 aliphatic carbocycles. The van der Waals surface area contributed by atoms with E-state index in [-0.39, 0.29) is 9.88 Å². The average molecular weight is 247 g/mol. The molecule has 0 amide bonds. The number of carbonyl (C=O) groups is 1. The minimum Gasteiger partial charge on any atom is -0.467 e. The summed E-state index contributed by atoms with van der Waals surface area (Å²) in [6, 6.07) is 2.47. The average Bonchev–Trinajstić information content (AvgIpc) is 2.75. The molecule has 1 aromatic heterocycles. The summed E-state index contributed by atoms with van der Waals surface area (Å²) in [6.45, 7) is 0. The van der Waals surface area contributed by atoms with E-state index in [0.717, 1.165) is 7.11 Å². The Hall–Kier alpha value is -1.51. The fourth-order valence-corrected chi connectivity index (χ4v) is 1.84. The maximum Gasteiger partial charge on any atom is 0.337 e. The number of nitro groups is 1. The number of rotatable bonds is 4. The zero-order chi connectivity index (χ0) is 12.3. The van der Waals surface area contributed by atoms with Crippen LogP contribution in [-0.2, 0) is 9.53 Å². The molecule has 16 heavy (non-hydrogen) atoms. The van der Waals surface area contributed by atoms with Gasteiger partial charge in [-0.25, -0.2) is 4.79 Å². The van der Waals surface area contributed by atoms with Crippen LogP contribution in [0.2, 0.25) is 0 Å². The minimum absolute atomic E-state index is 0.129. The molecule has 0 aliphatic rings. The lowest BCUT2D eigenvalue weighted by Gasteiger charge is -2.13. The van der Waals surface area contributed by atoms with Crippen LogP contribution in [0.5, 0.6) is 0 Å². The molecule has 1 rings (SSSR count). The van der Waals surface area contributed by atoms with Crippen LogP contribution in [-0.4, -0.2) is 34.3 Å². The van der Waals surface area contributed by atoms with Gasteiger partial charge in [-0.2, -0.15) is 0 Å². The van der Waals surface area contributed by atoms with Crippen molar-refractivity contribution >= 4 is 22.3 Å². The van der Waals surface area contributed by atoms with Gasteiger partial charge in [-0.1, -0.05) is 11.3 Å². The van der Waals surface area contributed by atoms with Crippen LogP contribution < -0.4 is 0 Å². The van der Waals surface area contributed by atoms with Crippen molar-refractivity contribution in [1.29, 1.82) is 0 Å².